The van der Waals surface area contributed by atoms with Crippen LogP contribution in [-0.2, 0) is 4.79 Å². The maximum absolute atomic E-state index is 11.7. The third-order valence-electron chi connectivity index (χ3n) is 2.84. The standard InChI is InChI=1S/C15H11I2N3O5/c16-12-4-9(5-13(17)15(12)22)7-18-19-14(21)8-25-11-3-1-2-10(6-11)20(23)24/h1-7,22H,8H2,(H,19,21)/b18-7-. The third kappa shape index (κ3) is 5.81. The van der Waals surface area contributed by atoms with Crippen molar-refractivity contribution in [3.05, 3.63) is 59.2 Å². The maximum Gasteiger partial charge on any atom is 0.277 e. The quantitative estimate of drug-likeness (QED) is 0.241. The van der Waals surface area contributed by atoms with Gasteiger partial charge in [0.05, 0.1) is 24.3 Å². The van der Waals surface area contributed by atoms with Crippen LogP contribution in [0.15, 0.2) is 41.5 Å². The Bertz CT molecular complexity index is 819. The van der Waals surface area contributed by atoms with E-state index in [1.54, 1.807) is 12.1 Å². The highest BCUT2D eigenvalue weighted by Gasteiger charge is 2.08. The van der Waals surface area contributed by atoms with Gasteiger partial charge in [0.1, 0.15) is 11.5 Å². The Kier molecular flexibility index (Phi) is 6.92. The van der Waals surface area contributed by atoms with Gasteiger partial charge in [-0.1, -0.05) is 6.07 Å². The summed E-state index contributed by atoms with van der Waals surface area (Å²) in [4.78, 5) is 21.8. The first-order valence-electron chi connectivity index (χ1n) is 6.74. The van der Waals surface area contributed by atoms with Gasteiger partial charge in [-0.15, -0.1) is 0 Å². The van der Waals surface area contributed by atoms with E-state index in [2.05, 4.69) is 10.5 Å². The molecule has 130 valence electrons. The zero-order valence-electron chi connectivity index (χ0n) is 12.5. The summed E-state index contributed by atoms with van der Waals surface area (Å²) in [6, 6.07) is 8.98. The lowest BCUT2D eigenvalue weighted by Crippen LogP contribution is -2.24. The van der Waals surface area contributed by atoms with Gasteiger partial charge >= 0.3 is 0 Å². The number of carbonyl (C=O) groups excluding carboxylic acids is 1. The van der Waals surface area contributed by atoms with Crippen molar-refractivity contribution in [2.24, 2.45) is 5.10 Å². The molecule has 0 aliphatic heterocycles. The fourth-order valence-corrected chi connectivity index (χ4v) is 3.52. The average Bonchev–Trinajstić information content (AvgIpc) is 2.58. The van der Waals surface area contributed by atoms with E-state index < -0.39 is 10.8 Å². The number of hydrogen-bond donors (Lipinski definition) is 2. The molecule has 0 unspecified atom stereocenters. The summed E-state index contributed by atoms with van der Waals surface area (Å²) in [5.74, 6) is -0.0883. The SMILES string of the molecule is O=C(COc1cccc([N+](=O)[O-])c1)N/N=C\c1cc(I)c(O)c(I)c1. The topological polar surface area (TPSA) is 114 Å². The molecule has 0 fully saturated rings. The van der Waals surface area contributed by atoms with Crippen LogP contribution >= 0.6 is 45.2 Å². The lowest BCUT2D eigenvalue weighted by Gasteiger charge is -2.05. The van der Waals surface area contributed by atoms with Gasteiger partial charge in [-0.2, -0.15) is 5.10 Å². The minimum Gasteiger partial charge on any atom is -0.506 e. The fourth-order valence-electron chi connectivity index (χ4n) is 1.71. The van der Waals surface area contributed by atoms with Gasteiger partial charge in [0.15, 0.2) is 6.61 Å². The molecule has 0 heterocycles. The van der Waals surface area contributed by atoms with Crippen molar-refractivity contribution in [1.29, 1.82) is 0 Å². The first-order chi connectivity index (χ1) is 11.9. The third-order valence-corrected chi connectivity index (χ3v) is 4.49. The largest absolute Gasteiger partial charge is 0.506 e. The maximum atomic E-state index is 11.7. The van der Waals surface area contributed by atoms with Crippen LogP contribution in [0.3, 0.4) is 0 Å². The molecule has 0 aliphatic carbocycles. The number of aromatic hydroxyl groups is 1. The number of nitro groups is 1. The van der Waals surface area contributed by atoms with E-state index in [0.29, 0.717) is 12.7 Å². The van der Waals surface area contributed by atoms with Crippen LogP contribution in [-0.4, -0.2) is 28.8 Å². The molecule has 0 radical (unpaired) electrons. The van der Waals surface area contributed by atoms with Crippen LogP contribution in [0.5, 0.6) is 11.5 Å². The molecule has 0 saturated carbocycles. The molecule has 1 amide bonds. The Morgan fingerprint density at radius 1 is 1.32 bits per heavy atom. The van der Waals surface area contributed by atoms with Crippen LogP contribution in [0.4, 0.5) is 5.69 Å². The first kappa shape index (κ1) is 19.4. The van der Waals surface area contributed by atoms with E-state index in [1.165, 1.54) is 30.5 Å². The van der Waals surface area contributed by atoms with Gasteiger partial charge in [0.25, 0.3) is 11.6 Å². The summed E-state index contributed by atoms with van der Waals surface area (Å²) in [7, 11) is 0. The van der Waals surface area contributed by atoms with Gasteiger partial charge in [-0.05, 0) is 68.9 Å². The highest BCUT2D eigenvalue weighted by atomic mass is 127. The molecular weight excluding hydrogens is 556 g/mol. The number of carbonyl (C=O) groups is 1. The van der Waals surface area contributed by atoms with Gasteiger partial charge in [-0.3, -0.25) is 14.9 Å². The van der Waals surface area contributed by atoms with Crippen molar-refractivity contribution in [2.75, 3.05) is 6.61 Å². The molecule has 2 aromatic carbocycles. The lowest BCUT2D eigenvalue weighted by molar-refractivity contribution is -0.384. The van der Waals surface area contributed by atoms with Crippen LogP contribution in [0.25, 0.3) is 0 Å². The van der Waals surface area contributed by atoms with Crippen LogP contribution in [0.2, 0.25) is 0 Å². The molecule has 0 spiro atoms. The summed E-state index contributed by atoms with van der Waals surface area (Å²) in [6.45, 7) is -0.330. The van der Waals surface area contributed by atoms with E-state index in [1.807, 2.05) is 45.2 Å². The van der Waals surface area contributed by atoms with Crippen molar-refractivity contribution < 1.29 is 19.6 Å². The second-order valence-corrected chi connectivity index (χ2v) is 6.99. The highest BCUT2D eigenvalue weighted by Crippen LogP contribution is 2.26. The second-order valence-electron chi connectivity index (χ2n) is 4.67. The van der Waals surface area contributed by atoms with E-state index in [-0.39, 0.29) is 23.8 Å². The summed E-state index contributed by atoms with van der Waals surface area (Å²) < 4.78 is 6.53. The molecule has 0 saturated heterocycles. The predicted octanol–water partition coefficient (Wildman–Crippen LogP) is 3.04. The summed E-state index contributed by atoms with van der Waals surface area (Å²) in [5.41, 5.74) is 2.89. The molecule has 10 heteroatoms. The van der Waals surface area contributed by atoms with E-state index in [9.17, 15) is 20.0 Å². The minimum atomic E-state index is -0.544. The summed E-state index contributed by atoms with van der Waals surface area (Å²) in [5, 5.41) is 24.2. The zero-order chi connectivity index (χ0) is 18.4. The summed E-state index contributed by atoms with van der Waals surface area (Å²) in [6.07, 6.45) is 1.44. The first-order valence-corrected chi connectivity index (χ1v) is 8.89. The number of hydrogen-bond acceptors (Lipinski definition) is 6. The summed E-state index contributed by atoms with van der Waals surface area (Å²) >= 11 is 3.99. The monoisotopic (exact) mass is 567 g/mol. The Hall–Kier alpha value is -1.96. The fraction of sp³-hybridized carbons (Fsp3) is 0.0667. The molecule has 2 rings (SSSR count). The van der Waals surface area contributed by atoms with Crippen molar-refractivity contribution in [3.8, 4) is 11.5 Å². The van der Waals surface area contributed by atoms with Crippen LogP contribution in [0.1, 0.15) is 5.56 Å². The van der Waals surface area contributed by atoms with Gasteiger partial charge in [0.2, 0.25) is 0 Å². The normalized spacial score (nSPS) is 10.6. The predicted molar refractivity (Wildman–Crippen MR) is 108 cm³/mol. The molecule has 2 aromatic rings. The van der Waals surface area contributed by atoms with Crippen LogP contribution in [0, 0.1) is 17.3 Å². The number of halogens is 2. The van der Waals surface area contributed by atoms with Crippen molar-refractivity contribution in [1.82, 2.24) is 5.43 Å². The molecule has 0 bridgehead atoms. The molecular formula is C15H11I2N3O5. The number of rotatable bonds is 6. The van der Waals surface area contributed by atoms with E-state index in [4.69, 9.17) is 4.74 Å². The number of phenols is 1. The molecule has 8 nitrogen and oxygen atoms in total. The number of phenolic OH excluding ortho intramolecular Hbond substituents is 1. The zero-order valence-corrected chi connectivity index (χ0v) is 16.8. The van der Waals surface area contributed by atoms with Crippen LogP contribution < -0.4 is 10.2 Å². The second kappa shape index (κ2) is 8.94. The van der Waals surface area contributed by atoms with Crippen molar-refractivity contribution in [2.45, 2.75) is 0 Å². The van der Waals surface area contributed by atoms with Crippen molar-refractivity contribution >= 4 is 63.0 Å². The Balaban J connectivity index is 1.88. The Morgan fingerprint density at radius 3 is 2.64 bits per heavy atom. The van der Waals surface area contributed by atoms with Gasteiger partial charge < -0.3 is 9.84 Å². The number of ether oxygens (including phenoxy) is 1. The Labute approximate surface area is 169 Å². The number of nitro benzene ring substituents is 1. The molecule has 0 aromatic heterocycles. The Morgan fingerprint density at radius 2 is 2.00 bits per heavy atom. The number of benzene rings is 2. The number of amides is 1. The van der Waals surface area contributed by atoms with E-state index >= 15 is 0 Å². The minimum absolute atomic E-state index is 0.118. The molecule has 25 heavy (non-hydrogen) atoms. The van der Waals surface area contributed by atoms with Crippen molar-refractivity contribution in [3.63, 3.8) is 0 Å². The van der Waals surface area contributed by atoms with E-state index in [0.717, 1.165) is 0 Å². The smallest absolute Gasteiger partial charge is 0.277 e. The number of nitrogens with one attached hydrogen (secondary N) is 1. The van der Waals surface area contributed by atoms with Gasteiger partial charge in [-0.25, -0.2) is 5.43 Å². The lowest BCUT2D eigenvalue weighted by atomic mass is 10.2. The number of non-ortho nitro benzene ring substituents is 1. The highest BCUT2D eigenvalue weighted by molar-refractivity contribution is 14.1. The average molecular weight is 567 g/mol. The molecule has 0 aliphatic rings. The number of nitrogens with zero attached hydrogens (tertiary/aromatic N) is 2. The molecule has 0 atom stereocenters. The number of hydrazone groups is 1. The molecule has 2 N–H and O–H groups in total. The van der Waals surface area contributed by atoms with Gasteiger partial charge in [0, 0.05) is 6.07 Å².